The molecule has 2 aromatic heterocycles. The van der Waals surface area contributed by atoms with Crippen molar-refractivity contribution in [2.75, 3.05) is 31.9 Å². The second kappa shape index (κ2) is 5.41. The Morgan fingerprint density at radius 3 is 3.05 bits per heavy atom. The minimum atomic E-state index is 0.102. The summed E-state index contributed by atoms with van der Waals surface area (Å²) in [6, 6.07) is 0. The normalized spacial score (nSPS) is 16.5. The molecule has 1 amide bonds. The number of piperazine rings is 1. The van der Waals surface area contributed by atoms with Crippen molar-refractivity contribution in [3.8, 4) is 0 Å². The van der Waals surface area contributed by atoms with Crippen LogP contribution in [-0.2, 0) is 11.3 Å². The van der Waals surface area contributed by atoms with Gasteiger partial charge in [-0.25, -0.2) is 15.0 Å². The molecule has 106 valence electrons. The number of nitrogens with one attached hydrogen (secondary N) is 1. The summed E-state index contributed by atoms with van der Waals surface area (Å²) in [6.07, 6.45) is 4.12. The van der Waals surface area contributed by atoms with Crippen LogP contribution in [0, 0.1) is 0 Å². The molecule has 2 aromatic rings. The number of carbonyl (C=O) groups is 1. The Hall–Kier alpha value is -2.22. The first-order chi connectivity index (χ1) is 9.74. The maximum Gasteiger partial charge on any atom is 0.234 e. The van der Waals surface area contributed by atoms with Crippen LogP contribution < -0.4 is 11.1 Å². The van der Waals surface area contributed by atoms with Crippen molar-refractivity contribution in [3.63, 3.8) is 0 Å². The van der Waals surface area contributed by atoms with E-state index in [9.17, 15) is 4.79 Å². The first-order valence-electron chi connectivity index (χ1n) is 6.64. The van der Waals surface area contributed by atoms with Gasteiger partial charge in [-0.1, -0.05) is 0 Å². The van der Waals surface area contributed by atoms with E-state index in [4.69, 9.17) is 5.73 Å². The number of aryl methyl sites for hydroxylation is 1. The molecule has 3 heterocycles. The molecule has 0 unspecified atom stereocenters. The number of aromatic nitrogens is 4. The molecular weight excluding hydrogens is 258 g/mol. The smallest absolute Gasteiger partial charge is 0.234 e. The Balaban J connectivity index is 1.60. The van der Waals surface area contributed by atoms with E-state index in [1.165, 1.54) is 6.33 Å². The Morgan fingerprint density at radius 2 is 2.20 bits per heavy atom. The minimum absolute atomic E-state index is 0.102. The Morgan fingerprint density at radius 1 is 1.30 bits per heavy atom. The van der Waals surface area contributed by atoms with Crippen LogP contribution in [-0.4, -0.2) is 56.5 Å². The number of nitrogens with zero attached hydrogens (tertiary/aromatic N) is 5. The maximum atomic E-state index is 11.3. The van der Waals surface area contributed by atoms with Crippen LogP contribution in [0.3, 0.4) is 0 Å². The van der Waals surface area contributed by atoms with E-state index in [-0.39, 0.29) is 5.91 Å². The summed E-state index contributed by atoms with van der Waals surface area (Å²) in [5.41, 5.74) is 7.15. The van der Waals surface area contributed by atoms with Crippen molar-refractivity contribution in [2.24, 2.45) is 0 Å². The van der Waals surface area contributed by atoms with Gasteiger partial charge in [0.2, 0.25) is 5.91 Å². The zero-order valence-electron chi connectivity index (χ0n) is 11.1. The molecule has 1 fully saturated rings. The van der Waals surface area contributed by atoms with E-state index in [2.05, 4.69) is 25.2 Å². The van der Waals surface area contributed by atoms with Crippen LogP contribution in [0.5, 0.6) is 0 Å². The van der Waals surface area contributed by atoms with Gasteiger partial charge in [-0.3, -0.25) is 9.69 Å². The summed E-state index contributed by atoms with van der Waals surface area (Å²) >= 11 is 0. The van der Waals surface area contributed by atoms with Crippen molar-refractivity contribution >= 4 is 22.9 Å². The first kappa shape index (κ1) is 12.8. The monoisotopic (exact) mass is 275 g/mol. The third-order valence-electron chi connectivity index (χ3n) is 3.42. The molecule has 8 nitrogen and oxygen atoms in total. The summed E-state index contributed by atoms with van der Waals surface area (Å²) < 4.78 is 1.97. The topological polar surface area (TPSA) is 102 Å². The van der Waals surface area contributed by atoms with Crippen molar-refractivity contribution in [2.45, 2.75) is 13.0 Å². The first-order valence-corrected chi connectivity index (χ1v) is 6.64. The number of anilines is 1. The molecule has 1 aliphatic heterocycles. The van der Waals surface area contributed by atoms with Gasteiger partial charge >= 0.3 is 0 Å². The number of carbonyl (C=O) groups excluding carboxylic acids is 1. The lowest BCUT2D eigenvalue weighted by molar-refractivity contribution is -0.124. The van der Waals surface area contributed by atoms with Gasteiger partial charge in [0.15, 0.2) is 11.5 Å². The summed E-state index contributed by atoms with van der Waals surface area (Å²) in [5.74, 6) is 0.506. The quantitative estimate of drug-likeness (QED) is 0.759. The molecule has 0 bridgehead atoms. The van der Waals surface area contributed by atoms with Crippen molar-refractivity contribution < 1.29 is 4.79 Å². The second-order valence-corrected chi connectivity index (χ2v) is 4.85. The van der Waals surface area contributed by atoms with Crippen LogP contribution in [0.1, 0.15) is 6.42 Å². The van der Waals surface area contributed by atoms with Gasteiger partial charge < -0.3 is 15.6 Å². The molecule has 3 N–H and O–H groups in total. The highest BCUT2D eigenvalue weighted by molar-refractivity contribution is 5.81. The number of imidazole rings is 1. The van der Waals surface area contributed by atoms with Crippen LogP contribution in [0.25, 0.3) is 11.2 Å². The van der Waals surface area contributed by atoms with Crippen molar-refractivity contribution in [3.05, 3.63) is 12.7 Å². The molecule has 0 spiro atoms. The molecule has 1 saturated heterocycles. The lowest BCUT2D eigenvalue weighted by Gasteiger charge is -2.26. The van der Waals surface area contributed by atoms with Gasteiger partial charge in [-0.2, -0.15) is 0 Å². The number of nitrogens with two attached hydrogens (primary N) is 1. The van der Waals surface area contributed by atoms with Gasteiger partial charge in [0.25, 0.3) is 0 Å². The van der Waals surface area contributed by atoms with Gasteiger partial charge in [-0.15, -0.1) is 0 Å². The van der Waals surface area contributed by atoms with E-state index in [0.29, 0.717) is 17.9 Å². The summed E-state index contributed by atoms with van der Waals surface area (Å²) in [4.78, 5) is 25.8. The summed E-state index contributed by atoms with van der Waals surface area (Å²) in [6.45, 7) is 3.81. The maximum absolute atomic E-state index is 11.3. The van der Waals surface area contributed by atoms with Crippen LogP contribution in [0.2, 0.25) is 0 Å². The standard InChI is InChI=1S/C12H17N7O/c13-11-10-12(16-7-15-11)19(8-17-10)4-1-3-18-5-2-14-9(20)6-18/h7-8H,1-6H2,(H,14,20)(H2,13,15,16). The second-order valence-electron chi connectivity index (χ2n) is 4.85. The van der Waals surface area contributed by atoms with Gasteiger partial charge in [-0.05, 0) is 6.42 Å². The van der Waals surface area contributed by atoms with Gasteiger partial charge in [0.1, 0.15) is 11.8 Å². The van der Waals surface area contributed by atoms with Gasteiger partial charge in [0, 0.05) is 26.2 Å². The van der Waals surface area contributed by atoms with E-state index in [0.717, 1.165) is 38.2 Å². The SMILES string of the molecule is Nc1ncnc2c1ncn2CCCN1CCNC(=O)C1. The number of nitrogen functional groups attached to an aromatic ring is 1. The lowest BCUT2D eigenvalue weighted by atomic mass is 10.3. The third-order valence-corrected chi connectivity index (χ3v) is 3.42. The number of fused-ring (bicyclic) bond motifs is 1. The summed E-state index contributed by atoms with van der Waals surface area (Å²) in [5, 5.41) is 2.82. The Labute approximate surface area is 116 Å². The zero-order chi connectivity index (χ0) is 13.9. The molecule has 0 atom stereocenters. The Kier molecular flexibility index (Phi) is 3.46. The largest absolute Gasteiger partial charge is 0.382 e. The molecular formula is C12H17N7O. The van der Waals surface area contributed by atoms with Crippen LogP contribution >= 0.6 is 0 Å². The molecule has 0 radical (unpaired) electrons. The fourth-order valence-corrected chi connectivity index (χ4v) is 2.41. The average molecular weight is 275 g/mol. The lowest BCUT2D eigenvalue weighted by Crippen LogP contribution is -2.47. The third kappa shape index (κ3) is 2.55. The minimum Gasteiger partial charge on any atom is -0.382 e. The summed E-state index contributed by atoms with van der Waals surface area (Å²) in [7, 11) is 0. The molecule has 8 heteroatoms. The number of rotatable bonds is 4. The molecule has 0 aromatic carbocycles. The van der Waals surface area contributed by atoms with Crippen molar-refractivity contribution in [1.82, 2.24) is 29.7 Å². The fourth-order valence-electron chi connectivity index (χ4n) is 2.41. The fraction of sp³-hybridized carbons (Fsp3) is 0.500. The molecule has 1 aliphatic rings. The highest BCUT2D eigenvalue weighted by Crippen LogP contribution is 2.14. The highest BCUT2D eigenvalue weighted by atomic mass is 16.2. The van der Waals surface area contributed by atoms with Crippen molar-refractivity contribution in [1.29, 1.82) is 0 Å². The number of hydrogen-bond acceptors (Lipinski definition) is 6. The average Bonchev–Trinajstić information content (AvgIpc) is 2.84. The highest BCUT2D eigenvalue weighted by Gasteiger charge is 2.15. The predicted octanol–water partition coefficient (Wildman–Crippen LogP) is -0.770. The van der Waals surface area contributed by atoms with Gasteiger partial charge in [0.05, 0.1) is 12.9 Å². The molecule has 20 heavy (non-hydrogen) atoms. The van der Waals surface area contributed by atoms with E-state index in [1.807, 2.05) is 4.57 Å². The predicted molar refractivity (Wildman–Crippen MR) is 73.8 cm³/mol. The molecule has 0 saturated carbocycles. The molecule has 0 aliphatic carbocycles. The zero-order valence-corrected chi connectivity index (χ0v) is 11.1. The number of hydrogen-bond donors (Lipinski definition) is 2. The van der Waals surface area contributed by atoms with E-state index in [1.54, 1.807) is 6.33 Å². The van der Waals surface area contributed by atoms with Crippen LogP contribution in [0.4, 0.5) is 5.82 Å². The van der Waals surface area contributed by atoms with E-state index < -0.39 is 0 Å². The molecule has 3 rings (SSSR count). The Bertz CT molecular complexity index is 623. The van der Waals surface area contributed by atoms with Crippen LogP contribution in [0.15, 0.2) is 12.7 Å². The number of amides is 1. The van der Waals surface area contributed by atoms with E-state index >= 15 is 0 Å².